The van der Waals surface area contributed by atoms with E-state index in [2.05, 4.69) is 11.9 Å². The molecule has 2 aromatic heterocycles. The minimum absolute atomic E-state index is 0.0706. The average molecular weight is 429 g/mol. The van der Waals surface area contributed by atoms with Gasteiger partial charge in [-0.1, -0.05) is 67.8 Å². The van der Waals surface area contributed by atoms with Crippen molar-refractivity contribution in [3.05, 3.63) is 92.9 Å². The van der Waals surface area contributed by atoms with Crippen LogP contribution < -0.4 is 11.2 Å². The molecule has 0 amide bonds. The molecule has 0 saturated heterocycles. The normalized spacial score (nSPS) is 15.8. The van der Waals surface area contributed by atoms with E-state index in [1.807, 2.05) is 66.1 Å². The number of rotatable bonds is 4. The highest BCUT2D eigenvalue weighted by molar-refractivity contribution is 5.73. The molecule has 2 heterocycles. The van der Waals surface area contributed by atoms with Crippen LogP contribution in [0.15, 0.2) is 70.5 Å². The lowest BCUT2D eigenvalue weighted by Gasteiger charge is -2.25. The Bertz CT molecular complexity index is 1370. The van der Waals surface area contributed by atoms with E-state index in [0.29, 0.717) is 11.2 Å². The Balaban J connectivity index is 1.83. The van der Waals surface area contributed by atoms with Crippen molar-refractivity contribution in [1.29, 1.82) is 0 Å². The molecular weight excluding hydrogens is 400 g/mol. The minimum Gasteiger partial charge on any atom is -0.317 e. The van der Waals surface area contributed by atoms with Crippen molar-refractivity contribution in [2.24, 2.45) is 0 Å². The van der Waals surface area contributed by atoms with Gasteiger partial charge < -0.3 is 4.57 Å². The average Bonchev–Trinajstić information content (AvgIpc) is 3.26. The van der Waals surface area contributed by atoms with E-state index in [9.17, 15) is 9.59 Å². The van der Waals surface area contributed by atoms with Crippen LogP contribution in [0.4, 0.5) is 0 Å². The van der Waals surface area contributed by atoms with E-state index in [-0.39, 0.29) is 23.3 Å². The second kappa shape index (κ2) is 8.26. The van der Waals surface area contributed by atoms with Crippen molar-refractivity contribution < 1.29 is 0 Å². The first-order valence-corrected chi connectivity index (χ1v) is 11.4. The number of aromatic nitrogens is 4. The number of fused-ring (bicyclic) bond motifs is 1. The smallest absolute Gasteiger partial charge is 0.317 e. The molecule has 0 bridgehead atoms. The summed E-state index contributed by atoms with van der Waals surface area (Å²) in [6, 6.07) is 17.7. The van der Waals surface area contributed by atoms with E-state index >= 15 is 0 Å². The summed E-state index contributed by atoms with van der Waals surface area (Å²) in [4.78, 5) is 32.2. The zero-order valence-electron chi connectivity index (χ0n) is 18.6. The molecule has 1 atom stereocenters. The van der Waals surface area contributed by atoms with Gasteiger partial charge in [0, 0.05) is 6.04 Å². The Kier molecular flexibility index (Phi) is 5.29. The third-order valence-electron chi connectivity index (χ3n) is 6.80. The van der Waals surface area contributed by atoms with Crippen LogP contribution in [0, 0.1) is 6.92 Å². The predicted octanol–water partition coefficient (Wildman–Crippen LogP) is 4.77. The van der Waals surface area contributed by atoms with Crippen LogP contribution in [0.1, 0.15) is 62.2 Å². The van der Waals surface area contributed by atoms with Gasteiger partial charge in [0.05, 0.1) is 18.1 Å². The molecule has 0 N–H and O–H groups in total. The van der Waals surface area contributed by atoms with Gasteiger partial charge in [0.1, 0.15) is 0 Å². The van der Waals surface area contributed by atoms with E-state index in [0.717, 1.165) is 48.9 Å². The Morgan fingerprint density at radius 2 is 1.62 bits per heavy atom. The molecule has 2 aromatic carbocycles. The van der Waals surface area contributed by atoms with E-state index in [1.54, 1.807) is 10.9 Å². The Hall–Kier alpha value is -3.41. The number of para-hydroxylation sites is 1. The van der Waals surface area contributed by atoms with Crippen molar-refractivity contribution in [1.82, 2.24) is 18.7 Å². The highest BCUT2D eigenvalue weighted by Crippen LogP contribution is 2.28. The summed E-state index contributed by atoms with van der Waals surface area (Å²) in [6.07, 6.45) is 6.65. The highest BCUT2D eigenvalue weighted by atomic mass is 16.2. The molecule has 0 aliphatic heterocycles. The summed E-state index contributed by atoms with van der Waals surface area (Å²) in [7, 11) is 0. The summed E-state index contributed by atoms with van der Waals surface area (Å²) >= 11 is 0. The van der Waals surface area contributed by atoms with E-state index in [4.69, 9.17) is 0 Å². The van der Waals surface area contributed by atoms with E-state index < -0.39 is 0 Å². The minimum atomic E-state index is -0.290. The van der Waals surface area contributed by atoms with Crippen molar-refractivity contribution in [2.75, 3.05) is 0 Å². The Morgan fingerprint density at radius 1 is 0.938 bits per heavy atom. The number of benzene rings is 2. The Labute approximate surface area is 186 Å². The topological polar surface area (TPSA) is 61.8 Å². The molecular formula is C26H28N4O2. The van der Waals surface area contributed by atoms with Crippen molar-refractivity contribution >= 4 is 11.2 Å². The molecule has 1 aliphatic rings. The van der Waals surface area contributed by atoms with Gasteiger partial charge in [0.15, 0.2) is 11.2 Å². The third-order valence-corrected chi connectivity index (χ3v) is 6.80. The van der Waals surface area contributed by atoms with Crippen LogP contribution in [0.3, 0.4) is 0 Å². The van der Waals surface area contributed by atoms with Gasteiger partial charge in [0.25, 0.3) is 5.56 Å². The molecule has 1 fully saturated rings. The molecule has 5 rings (SSSR count). The lowest BCUT2D eigenvalue weighted by Crippen LogP contribution is -2.43. The molecule has 0 radical (unpaired) electrons. The summed E-state index contributed by atoms with van der Waals surface area (Å²) in [5.74, 6) is 0. The summed E-state index contributed by atoms with van der Waals surface area (Å²) in [5, 5.41) is 0. The molecule has 0 spiro atoms. The third kappa shape index (κ3) is 3.30. The highest BCUT2D eigenvalue weighted by Gasteiger charge is 2.26. The van der Waals surface area contributed by atoms with Gasteiger partial charge >= 0.3 is 5.69 Å². The molecule has 4 aromatic rings. The maximum Gasteiger partial charge on any atom is 0.337 e. The zero-order valence-corrected chi connectivity index (χ0v) is 18.6. The molecule has 1 unspecified atom stereocenters. The fraction of sp³-hybridized carbons (Fsp3) is 0.346. The van der Waals surface area contributed by atoms with Crippen molar-refractivity contribution in [3.8, 4) is 5.69 Å². The van der Waals surface area contributed by atoms with Gasteiger partial charge in [-0.3, -0.25) is 9.36 Å². The number of imidazole rings is 1. The van der Waals surface area contributed by atoms with E-state index in [1.165, 1.54) is 4.57 Å². The monoisotopic (exact) mass is 428 g/mol. The number of hydrogen-bond acceptors (Lipinski definition) is 3. The lowest BCUT2D eigenvalue weighted by molar-refractivity contribution is 0.335. The number of aryl methyl sites for hydroxylation is 1. The first-order chi connectivity index (χ1) is 15.6. The van der Waals surface area contributed by atoms with Crippen molar-refractivity contribution in [3.63, 3.8) is 0 Å². The van der Waals surface area contributed by atoms with Gasteiger partial charge in [-0.25, -0.2) is 14.3 Å². The molecule has 164 valence electrons. The van der Waals surface area contributed by atoms with Crippen molar-refractivity contribution in [2.45, 2.75) is 58.0 Å². The molecule has 1 saturated carbocycles. The molecule has 6 nitrogen and oxygen atoms in total. The quantitative estimate of drug-likeness (QED) is 0.470. The first kappa shape index (κ1) is 20.5. The molecule has 6 heteroatoms. The zero-order chi connectivity index (χ0) is 22.2. The maximum absolute atomic E-state index is 13.8. The van der Waals surface area contributed by atoms with Gasteiger partial charge in [-0.2, -0.15) is 0 Å². The largest absolute Gasteiger partial charge is 0.337 e. The van der Waals surface area contributed by atoms with Crippen LogP contribution in [0.2, 0.25) is 0 Å². The van der Waals surface area contributed by atoms with Crippen LogP contribution in [0.25, 0.3) is 16.9 Å². The molecule has 32 heavy (non-hydrogen) atoms. The van der Waals surface area contributed by atoms with Crippen LogP contribution in [-0.4, -0.2) is 18.7 Å². The van der Waals surface area contributed by atoms with Gasteiger partial charge in [-0.15, -0.1) is 0 Å². The van der Waals surface area contributed by atoms with Crippen LogP contribution in [0.5, 0.6) is 0 Å². The second-order valence-corrected chi connectivity index (χ2v) is 8.78. The summed E-state index contributed by atoms with van der Waals surface area (Å²) in [6.45, 7) is 4.04. The summed E-state index contributed by atoms with van der Waals surface area (Å²) in [5.41, 5.74) is 3.20. The van der Waals surface area contributed by atoms with Gasteiger partial charge in [0.2, 0.25) is 0 Å². The Morgan fingerprint density at radius 3 is 2.34 bits per heavy atom. The number of hydrogen-bond donors (Lipinski definition) is 0. The van der Waals surface area contributed by atoms with Crippen LogP contribution in [-0.2, 0) is 0 Å². The summed E-state index contributed by atoms with van der Waals surface area (Å²) < 4.78 is 5.05. The van der Waals surface area contributed by atoms with Crippen LogP contribution >= 0.6 is 0 Å². The standard InChI is InChI=1S/C26H28N4O2/c1-18-11-9-10-16-22(18)30-24-23(25(31)29(26(30)32)21-14-7-4-8-15-21)28(17-27-24)19(2)20-12-5-3-6-13-20/h3,5-6,9-13,16-17,19,21H,4,7-8,14-15H2,1-2H3. The van der Waals surface area contributed by atoms with Gasteiger partial charge in [-0.05, 0) is 43.9 Å². The first-order valence-electron chi connectivity index (χ1n) is 11.4. The fourth-order valence-electron chi connectivity index (χ4n) is 5.00. The second-order valence-electron chi connectivity index (χ2n) is 8.78. The predicted molar refractivity (Wildman–Crippen MR) is 127 cm³/mol. The fourth-order valence-corrected chi connectivity index (χ4v) is 5.00. The maximum atomic E-state index is 13.8. The SMILES string of the molecule is Cc1ccccc1-n1c(=O)n(C2CCCCC2)c(=O)c2c1ncn2C(C)c1ccccc1. The number of nitrogens with zero attached hydrogens (tertiary/aromatic N) is 4. The molecule has 1 aliphatic carbocycles. The lowest BCUT2D eigenvalue weighted by atomic mass is 9.95.